The van der Waals surface area contributed by atoms with Crippen molar-refractivity contribution in [2.45, 2.75) is 44.2 Å². The zero-order chi connectivity index (χ0) is 15.0. The molecule has 0 unspecified atom stereocenters. The van der Waals surface area contributed by atoms with Crippen LogP contribution in [0.1, 0.15) is 32.1 Å². The van der Waals surface area contributed by atoms with E-state index in [4.69, 9.17) is 4.99 Å². The molecule has 0 amide bonds. The van der Waals surface area contributed by atoms with Gasteiger partial charge in [-0.1, -0.05) is 18.2 Å². The van der Waals surface area contributed by atoms with Crippen molar-refractivity contribution in [1.82, 2.24) is 10.2 Å². The van der Waals surface area contributed by atoms with Crippen molar-refractivity contribution < 1.29 is 0 Å². The van der Waals surface area contributed by atoms with Gasteiger partial charge in [0.15, 0.2) is 0 Å². The third kappa shape index (κ3) is 1.56. The molecule has 3 heteroatoms. The predicted octanol–water partition coefficient (Wildman–Crippen LogP) is 1.55. The highest BCUT2D eigenvalue weighted by molar-refractivity contribution is 5.69. The normalized spacial score (nSPS) is 37.0. The van der Waals surface area contributed by atoms with E-state index in [2.05, 4.69) is 34.5 Å². The van der Waals surface area contributed by atoms with Crippen LogP contribution >= 0.6 is 0 Å². The van der Waals surface area contributed by atoms with E-state index in [1.54, 1.807) is 5.70 Å². The summed E-state index contributed by atoms with van der Waals surface area (Å²) in [6.45, 7) is 2.42. The third-order valence-corrected chi connectivity index (χ3v) is 6.91. The van der Waals surface area contributed by atoms with E-state index in [1.165, 1.54) is 67.0 Å². The minimum absolute atomic E-state index is 0.689. The Hall–Kier alpha value is -1.61. The van der Waals surface area contributed by atoms with Crippen molar-refractivity contribution in [1.29, 1.82) is 0 Å². The van der Waals surface area contributed by atoms with E-state index in [0.29, 0.717) is 12.0 Å². The van der Waals surface area contributed by atoms with Gasteiger partial charge in [-0.05, 0) is 56.2 Å². The Morgan fingerprint density at radius 1 is 1.13 bits per heavy atom. The standard InChI is InChI=1S/C20H23N3/c1-2-6-16-12(4-1)13-9-11-23-17-8-7-15(20(23)19(13)22-16)18-14(17)5-3-10-21-18/h1-2,4,6,14-15,17-18,21H,3,5,7-11H2/t14-,15-,17+,18-/m0/s1. The molecule has 6 aliphatic rings. The number of hydrogen-bond acceptors (Lipinski definition) is 3. The van der Waals surface area contributed by atoms with Crippen LogP contribution in [-0.4, -0.2) is 30.1 Å². The van der Waals surface area contributed by atoms with Crippen LogP contribution in [0.25, 0.3) is 5.57 Å². The number of benzene rings is 1. The fraction of sp³-hybridized carbons (Fsp3) is 0.550. The molecule has 4 fully saturated rings. The largest absolute Gasteiger partial charge is 0.369 e. The molecule has 1 aromatic rings. The van der Waals surface area contributed by atoms with Gasteiger partial charge in [-0.3, -0.25) is 0 Å². The Labute approximate surface area is 136 Å². The number of nitrogens with zero attached hydrogens (tertiary/aromatic N) is 2. The molecule has 1 aromatic carbocycles. The van der Waals surface area contributed by atoms with Gasteiger partial charge in [0.25, 0.3) is 0 Å². The van der Waals surface area contributed by atoms with E-state index in [9.17, 15) is 0 Å². The van der Waals surface area contributed by atoms with Crippen LogP contribution in [0.3, 0.4) is 0 Å². The van der Waals surface area contributed by atoms with Gasteiger partial charge >= 0.3 is 0 Å². The maximum atomic E-state index is 5.09. The molecule has 7 rings (SSSR count). The molecule has 0 radical (unpaired) electrons. The average Bonchev–Trinajstić information content (AvgIpc) is 3.01. The van der Waals surface area contributed by atoms with Crippen LogP contribution in [-0.2, 0) is 0 Å². The summed E-state index contributed by atoms with van der Waals surface area (Å²) >= 11 is 0. The molecule has 3 saturated heterocycles. The van der Waals surface area contributed by atoms with E-state index >= 15 is 0 Å². The van der Waals surface area contributed by atoms with Crippen molar-refractivity contribution in [3.63, 3.8) is 0 Å². The Kier molecular flexibility index (Phi) is 2.48. The molecule has 2 bridgehead atoms. The number of hydrogen-bond donors (Lipinski definition) is 1. The molecule has 1 saturated carbocycles. The Balaban J connectivity index is 1.57. The maximum absolute atomic E-state index is 5.09. The monoisotopic (exact) mass is 305 g/mol. The second-order valence-corrected chi connectivity index (χ2v) is 7.82. The zero-order valence-corrected chi connectivity index (χ0v) is 13.5. The molecule has 4 atom stereocenters. The molecule has 5 heterocycles. The van der Waals surface area contributed by atoms with Crippen LogP contribution in [0, 0.1) is 11.8 Å². The number of fused-ring (bicyclic) bond motifs is 3. The summed E-state index contributed by atoms with van der Waals surface area (Å²) in [4.78, 5) is 7.86. The fourth-order valence-electron chi connectivity index (χ4n) is 6.08. The highest BCUT2D eigenvalue weighted by Gasteiger charge is 2.52. The first-order valence-electron chi connectivity index (χ1n) is 9.33. The lowest BCUT2D eigenvalue weighted by molar-refractivity contribution is -0.00484. The third-order valence-electron chi connectivity index (χ3n) is 6.91. The first-order chi connectivity index (χ1) is 11.4. The lowest BCUT2D eigenvalue weighted by atomic mass is 9.63. The zero-order valence-electron chi connectivity index (χ0n) is 13.5. The second kappa shape index (κ2) is 4.47. The summed E-state index contributed by atoms with van der Waals surface area (Å²) in [5, 5.41) is 6.46. The van der Waals surface area contributed by atoms with E-state index in [-0.39, 0.29) is 0 Å². The molecule has 0 spiro atoms. The summed E-state index contributed by atoms with van der Waals surface area (Å²) in [6, 6.07) is 10.2. The number of para-hydroxylation sites is 1. The van der Waals surface area contributed by atoms with Crippen molar-refractivity contribution >= 4 is 5.57 Å². The minimum Gasteiger partial charge on any atom is -0.369 e. The lowest BCUT2D eigenvalue weighted by Gasteiger charge is -2.59. The molecule has 5 aliphatic heterocycles. The fourth-order valence-corrected chi connectivity index (χ4v) is 6.08. The summed E-state index contributed by atoms with van der Waals surface area (Å²) in [5.74, 6) is 1.56. The van der Waals surface area contributed by atoms with Gasteiger partial charge in [-0.25, -0.2) is 4.99 Å². The maximum Gasteiger partial charge on any atom is 0.0871 e. The van der Waals surface area contributed by atoms with Gasteiger partial charge in [0, 0.05) is 35.5 Å². The SMILES string of the molecule is c1ccc2c(c1)=NC1=C3[C@H]4CC[C@H]([C@@H]5CCCN[C@@H]54)N3CCC=21. The molecule has 23 heavy (non-hydrogen) atoms. The first-order valence-corrected chi connectivity index (χ1v) is 9.33. The van der Waals surface area contributed by atoms with Gasteiger partial charge in [-0.15, -0.1) is 0 Å². The quantitative estimate of drug-likeness (QED) is 0.787. The molecule has 1 N–H and O–H groups in total. The molecule has 0 aromatic heterocycles. The predicted molar refractivity (Wildman–Crippen MR) is 90.0 cm³/mol. The van der Waals surface area contributed by atoms with E-state index in [0.717, 1.165) is 12.0 Å². The number of rotatable bonds is 0. The van der Waals surface area contributed by atoms with E-state index < -0.39 is 0 Å². The molecular formula is C20H23N3. The first kappa shape index (κ1) is 12.8. The van der Waals surface area contributed by atoms with Crippen molar-refractivity contribution in [3.05, 3.63) is 46.2 Å². The summed E-state index contributed by atoms with van der Waals surface area (Å²) in [7, 11) is 0. The van der Waals surface area contributed by atoms with Crippen molar-refractivity contribution in [2.75, 3.05) is 13.1 Å². The number of nitrogens with one attached hydrogen (secondary N) is 1. The highest BCUT2D eigenvalue weighted by Crippen LogP contribution is 2.51. The number of allylic oxidation sites excluding steroid dienone is 1. The molecular weight excluding hydrogens is 282 g/mol. The highest BCUT2D eigenvalue weighted by atomic mass is 15.2. The second-order valence-electron chi connectivity index (χ2n) is 7.82. The van der Waals surface area contributed by atoms with E-state index in [1.807, 2.05) is 0 Å². The van der Waals surface area contributed by atoms with Crippen molar-refractivity contribution in [2.24, 2.45) is 16.8 Å². The summed E-state index contributed by atoms with van der Waals surface area (Å²) in [6.07, 6.45) is 6.70. The molecule has 118 valence electrons. The summed E-state index contributed by atoms with van der Waals surface area (Å²) < 4.78 is 0. The smallest absolute Gasteiger partial charge is 0.0871 e. The van der Waals surface area contributed by atoms with Gasteiger partial charge in [0.1, 0.15) is 0 Å². The van der Waals surface area contributed by atoms with Crippen LogP contribution < -0.4 is 15.9 Å². The van der Waals surface area contributed by atoms with Crippen LogP contribution in [0.5, 0.6) is 0 Å². The summed E-state index contributed by atoms with van der Waals surface area (Å²) in [5.41, 5.74) is 4.46. The molecule has 3 nitrogen and oxygen atoms in total. The Morgan fingerprint density at radius 3 is 3.09 bits per heavy atom. The van der Waals surface area contributed by atoms with Crippen molar-refractivity contribution in [3.8, 4) is 0 Å². The average molecular weight is 305 g/mol. The Bertz CT molecular complexity index is 837. The van der Waals surface area contributed by atoms with Crippen LogP contribution in [0.15, 0.2) is 40.7 Å². The van der Waals surface area contributed by atoms with Gasteiger partial charge in [0.05, 0.1) is 11.1 Å². The van der Waals surface area contributed by atoms with Crippen LogP contribution in [0.2, 0.25) is 0 Å². The molecule has 1 aliphatic carbocycles. The lowest BCUT2D eigenvalue weighted by Crippen LogP contribution is -2.65. The van der Waals surface area contributed by atoms with Crippen LogP contribution in [0.4, 0.5) is 0 Å². The topological polar surface area (TPSA) is 27.6 Å². The van der Waals surface area contributed by atoms with Gasteiger partial charge in [0.2, 0.25) is 0 Å². The minimum atomic E-state index is 0.689. The number of piperidine rings is 3. The van der Waals surface area contributed by atoms with Gasteiger partial charge < -0.3 is 10.2 Å². The Morgan fingerprint density at radius 2 is 2.09 bits per heavy atom. The van der Waals surface area contributed by atoms with Gasteiger partial charge in [-0.2, -0.15) is 0 Å².